The number of hydrogen-bond acceptors (Lipinski definition) is 2. The summed E-state index contributed by atoms with van der Waals surface area (Å²) in [6, 6.07) is 10.7. The standard InChI is InChI=1S/C14H13BrOS/c15-14-7-6-13(17-14)9-16-12-5-4-10-2-1-3-11(10)8-12/h4-8H,1-3,9H2. The maximum Gasteiger partial charge on any atom is 0.122 e. The van der Waals surface area contributed by atoms with Crippen LogP contribution >= 0.6 is 27.3 Å². The van der Waals surface area contributed by atoms with E-state index in [1.54, 1.807) is 11.3 Å². The fourth-order valence-corrected chi connectivity index (χ4v) is 3.62. The third-order valence-electron chi connectivity index (χ3n) is 3.08. The number of aryl methyl sites for hydroxylation is 2. The van der Waals surface area contributed by atoms with Crippen molar-refractivity contribution >= 4 is 27.3 Å². The van der Waals surface area contributed by atoms with Crippen LogP contribution in [0.4, 0.5) is 0 Å². The normalized spacial score (nSPS) is 13.7. The molecule has 0 unspecified atom stereocenters. The highest BCUT2D eigenvalue weighted by molar-refractivity contribution is 9.11. The van der Waals surface area contributed by atoms with Crippen molar-refractivity contribution in [1.29, 1.82) is 0 Å². The van der Waals surface area contributed by atoms with Gasteiger partial charge in [0.1, 0.15) is 12.4 Å². The van der Waals surface area contributed by atoms with Gasteiger partial charge < -0.3 is 4.74 Å². The van der Waals surface area contributed by atoms with Gasteiger partial charge in [0, 0.05) is 4.88 Å². The van der Waals surface area contributed by atoms with Gasteiger partial charge in [0.2, 0.25) is 0 Å². The zero-order valence-electron chi connectivity index (χ0n) is 9.41. The Morgan fingerprint density at radius 3 is 2.82 bits per heavy atom. The second kappa shape index (κ2) is 4.83. The van der Waals surface area contributed by atoms with Gasteiger partial charge in [-0.15, -0.1) is 11.3 Å². The highest BCUT2D eigenvalue weighted by Crippen LogP contribution is 2.27. The molecule has 0 spiro atoms. The minimum Gasteiger partial charge on any atom is -0.488 e. The summed E-state index contributed by atoms with van der Waals surface area (Å²) >= 11 is 5.19. The van der Waals surface area contributed by atoms with Crippen LogP contribution in [0.15, 0.2) is 34.1 Å². The number of hydrogen-bond donors (Lipinski definition) is 0. The van der Waals surface area contributed by atoms with E-state index in [4.69, 9.17) is 4.74 Å². The summed E-state index contributed by atoms with van der Waals surface area (Å²) < 4.78 is 6.98. The fourth-order valence-electron chi connectivity index (χ4n) is 2.22. The van der Waals surface area contributed by atoms with Gasteiger partial charge in [0.15, 0.2) is 0 Å². The highest BCUT2D eigenvalue weighted by Gasteiger charge is 2.11. The van der Waals surface area contributed by atoms with Crippen LogP contribution in [0.25, 0.3) is 0 Å². The van der Waals surface area contributed by atoms with E-state index in [1.807, 2.05) is 0 Å². The quantitative estimate of drug-likeness (QED) is 0.806. The maximum absolute atomic E-state index is 5.82. The molecule has 0 fully saturated rings. The lowest BCUT2D eigenvalue weighted by atomic mass is 10.1. The van der Waals surface area contributed by atoms with E-state index in [-0.39, 0.29) is 0 Å². The van der Waals surface area contributed by atoms with Crippen molar-refractivity contribution in [1.82, 2.24) is 0 Å². The molecule has 1 aromatic carbocycles. The summed E-state index contributed by atoms with van der Waals surface area (Å²) in [4.78, 5) is 1.25. The lowest BCUT2D eigenvalue weighted by Gasteiger charge is -2.06. The molecule has 0 radical (unpaired) electrons. The third-order valence-corrected chi connectivity index (χ3v) is 4.68. The summed E-state index contributed by atoms with van der Waals surface area (Å²) in [7, 11) is 0. The van der Waals surface area contributed by atoms with Crippen molar-refractivity contribution in [2.24, 2.45) is 0 Å². The molecule has 0 aliphatic heterocycles. The Labute approximate surface area is 114 Å². The molecule has 3 heteroatoms. The van der Waals surface area contributed by atoms with Crippen molar-refractivity contribution in [3.8, 4) is 5.75 Å². The van der Waals surface area contributed by atoms with Crippen LogP contribution in [0.5, 0.6) is 5.75 Å². The predicted molar refractivity (Wildman–Crippen MR) is 74.8 cm³/mol. The molecule has 0 saturated carbocycles. The van der Waals surface area contributed by atoms with Gasteiger partial charge in [0.05, 0.1) is 3.79 Å². The topological polar surface area (TPSA) is 9.23 Å². The first-order valence-electron chi connectivity index (χ1n) is 5.80. The molecule has 17 heavy (non-hydrogen) atoms. The van der Waals surface area contributed by atoms with E-state index in [0.717, 1.165) is 9.54 Å². The second-order valence-electron chi connectivity index (χ2n) is 4.28. The predicted octanol–water partition coefficient (Wildman–Crippen LogP) is 4.58. The van der Waals surface area contributed by atoms with Crippen molar-refractivity contribution in [3.63, 3.8) is 0 Å². The average molecular weight is 309 g/mol. The summed E-state index contributed by atoms with van der Waals surface area (Å²) in [5.74, 6) is 0.996. The average Bonchev–Trinajstić information content (AvgIpc) is 2.94. The van der Waals surface area contributed by atoms with Crippen LogP contribution in [0.1, 0.15) is 22.4 Å². The molecule has 0 bridgehead atoms. The summed E-state index contributed by atoms with van der Waals surface area (Å²) in [6.45, 7) is 0.662. The second-order valence-corrected chi connectivity index (χ2v) is 6.83. The van der Waals surface area contributed by atoms with E-state index in [2.05, 4.69) is 46.3 Å². The monoisotopic (exact) mass is 308 g/mol. The Morgan fingerprint density at radius 2 is 2.00 bits per heavy atom. The zero-order valence-corrected chi connectivity index (χ0v) is 11.8. The van der Waals surface area contributed by atoms with Crippen molar-refractivity contribution in [2.75, 3.05) is 0 Å². The molecular formula is C14H13BrOS. The first kappa shape index (κ1) is 11.3. The third kappa shape index (κ3) is 2.55. The molecule has 1 aromatic heterocycles. The van der Waals surface area contributed by atoms with E-state index in [0.29, 0.717) is 6.61 Å². The minimum atomic E-state index is 0.662. The Balaban J connectivity index is 1.69. The molecule has 0 atom stereocenters. The molecule has 2 aromatic rings. The van der Waals surface area contributed by atoms with Crippen LogP contribution in [-0.4, -0.2) is 0 Å². The van der Waals surface area contributed by atoms with Gasteiger partial charge in [0.25, 0.3) is 0 Å². The van der Waals surface area contributed by atoms with E-state index >= 15 is 0 Å². The summed E-state index contributed by atoms with van der Waals surface area (Å²) in [6.07, 6.45) is 3.72. The first-order chi connectivity index (χ1) is 8.31. The van der Waals surface area contributed by atoms with Crippen LogP contribution in [0, 0.1) is 0 Å². The van der Waals surface area contributed by atoms with Crippen molar-refractivity contribution < 1.29 is 4.74 Å². The van der Waals surface area contributed by atoms with Crippen LogP contribution < -0.4 is 4.74 Å². The molecule has 1 heterocycles. The van der Waals surface area contributed by atoms with Gasteiger partial charge in [-0.05, 0) is 70.6 Å². The van der Waals surface area contributed by atoms with E-state index < -0.39 is 0 Å². The van der Waals surface area contributed by atoms with E-state index in [1.165, 1.54) is 35.3 Å². The van der Waals surface area contributed by atoms with Crippen molar-refractivity contribution in [2.45, 2.75) is 25.9 Å². The minimum absolute atomic E-state index is 0.662. The van der Waals surface area contributed by atoms with Crippen LogP contribution in [-0.2, 0) is 19.4 Å². The zero-order chi connectivity index (χ0) is 11.7. The lowest BCUT2D eigenvalue weighted by molar-refractivity contribution is 0.309. The van der Waals surface area contributed by atoms with Gasteiger partial charge in [-0.25, -0.2) is 0 Å². The molecule has 0 amide bonds. The molecular weight excluding hydrogens is 296 g/mol. The van der Waals surface area contributed by atoms with Crippen LogP contribution in [0.3, 0.4) is 0 Å². The van der Waals surface area contributed by atoms with E-state index in [9.17, 15) is 0 Å². The number of ether oxygens (including phenoxy) is 1. The van der Waals surface area contributed by atoms with Crippen LogP contribution in [0.2, 0.25) is 0 Å². The number of fused-ring (bicyclic) bond motifs is 1. The maximum atomic E-state index is 5.82. The molecule has 1 nitrogen and oxygen atoms in total. The van der Waals surface area contributed by atoms with Gasteiger partial charge in [-0.1, -0.05) is 6.07 Å². The number of halogens is 1. The largest absolute Gasteiger partial charge is 0.488 e. The lowest BCUT2D eigenvalue weighted by Crippen LogP contribution is -1.93. The first-order valence-corrected chi connectivity index (χ1v) is 7.41. The Morgan fingerprint density at radius 1 is 1.12 bits per heavy atom. The Hall–Kier alpha value is -0.800. The Kier molecular flexibility index (Phi) is 3.21. The van der Waals surface area contributed by atoms with Crippen molar-refractivity contribution in [3.05, 3.63) is 50.1 Å². The molecule has 0 saturated heterocycles. The molecule has 1 aliphatic carbocycles. The highest BCUT2D eigenvalue weighted by atomic mass is 79.9. The fraction of sp³-hybridized carbons (Fsp3) is 0.286. The summed E-state index contributed by atoms with van der Waals surface area (Å²) in [5.41, 5.74) is 2.96. The summed E-state index contributed by atoms with van der Waals surface area (Å²) in [5, 5.41) is 0. The number of benzene rings is 1. The van der Waals surface area contributed by atoms with Gasteiger partial charge >= 0.3 is 0 Å². The molecule has 1 aliphatic rings. The van der Waals surface area contributed by atoms with Gasteiger partial charge in [-0.3, -0.25) is 0 Å². The number of rotatable bonds is 3. The molecule has 0 N–H and O–H groups in total. The Bertz CT molecular complexity index is 533. The SMILES string of the molecule is Brc1ccc(COc2ccc3c(c2)CCC3)s1. The van der Waals surface area contributed by atoms with Gasteiger partial charge in [-0.2, -0.15) is 0 Å². The smallest absolute Gasteiger partial charge is 0.122 e. The molecule has 3 rings (SSSR count). The molecule has 88 valence electrons. The number of thiophene rings is 1.